The number of carbonyl (C=O) groups is 3. The molecule has 0 saturated carbocycles. The van der Waals surface area contributed by atoms with Gasteiger partial charge in [-0.25, -0.2) is 4.79 Å². The number of hydrogen-bond donors (Lipinski definition) is 2. The molecular formula is C26H30N2O6. The highest BCUT2D eigenvalue weighted by atomic mass is 16.5. The Balaban J connectivity index is 1.26. The number of nitrogens with zero attached hydrogens (tertiary/aromatic N) is 1. The average Bonchev–Trinajstić information content (AvgIpc) is 3.12. The molecule has 4 rings (SSSR count). The van der Waals surface area contributed by atoms with Gasteiger partial charge in [-0.15, -0.1) is 0 Å². The van der Waals surface area contributed by atoms with Crippen molar-refractivity contribution < 1.29 is 29.0 Å². The quantitative estimate of drug-likeness (QED) is 0.557. The van der Waals surface area contributed by atoms with Crippen LogP contribution in [-0.4, -0.2) is 66.9 Å². The number of fused-ring (bicyclic) bond motifs is 3. The number of carbonyl (C=O) groups excluding carboxylic acids is 2. The molecule has 2 aromatic rings. The molecule has 1 fully saturated rings. The molecule has 1 atom stereocenters. The fourth-order valence-electron chi connectivity index (χ4n) is 4.75. The zero-order valence-electron chi connectivity index (χ0n) is 19.2. The van der Waals surface area contributed by atoms with E-state index in [4.69, 9.17) is 14.6 Å². The third-order valence-electron chi connectivity index (χ3n) is 6.40. The Morgan fingerprint density at radius 3 is 2.26 bits per heavy atom. The van der Waals surface area contributed by atoms with Crippen LogP contribution in [0.1, 0.15) is 36.8 Å². The summed E-state index contributed by atoms with van der Waals surface area (Å²) >= 11 is 0. The van der Waals surface area contributed by atoms with Crippen LogP contribution in [-0.2, 0) is 19.1 Å². The maximum Gasteiger partial charge on any atom is 0.407 e. The second-order valence-corrected chi connectivity index (χ2v) is 8.75. The molecule has 1 heterocycles. The topological polar surface area (TPSA) is 105 Å². The van der Waals surface area contributed by atoms with Gasteiger partial charge in [0.1, 0.15) is 6.61 Å². The van der Waals surface area contributed by atoms with Crippen molar-refractivity contribution in [2.24, 2.45) is 5.92 Å². The third-order valence-corrected chi connectivity index (χ3v) is 6.40. The fraction of sp³-hybridized carbons (Fsp3) is 0.423. The standard InChI is InChI=1S/C26H30N2O6/c1-2-33-18(12-24(29)28-14-17(15-28)11-25(30)31)13-27-26(32)34-16-23-21-9-5-3-7-19(21)20-8-4-6-10-22(20)23/h3-10,17-18,23H,2,11-16H2,1H3,(H,27,32)(H,30,31). The Kier molecular flexibility index (Phi) is 7.47. The van der Waals surface area contributed by atoms with Gasteiger partial charge in [-0.05, 0) is 29.2 Å². The number of alkyl carbamates (subject to hydrolysis) is 1. The van der Waals surface area contributed by atoms with Gasteiger partial charge in [0.2, 0.25) is 5.91 Å². The molecule has 2 aliphatic rings. The van der Waals surface area contributed by atoms with Crippen LogP contribution in [0, 0.1) is 5.92 Å². The van der Waals surface area contributed by atoms with Gasteiger partial charge in [0.15, 0.2) is 0 Å². The first-order chi connectivity index (χ1) is 16.5. The number of rotatable bonds is 10. The number of aliphatic carboxylic acids is 1. The maximum absolute atomic E-state index is 12.5. The zero-order valence-corrected chi connectivity index (χ0v) is 19.2. The first-order valence-electron chi connectivity index (χ1n) is 11.7. The lowest BCUT2D eigenvalue weighted by Crippen LogP contribution is -2.51. The van der Waals surface area contributed by atoms with Crippen LogP contribution in [0.4, 0.5) is 4.79 Å². The molecule has 0 spiro atoms. The highest BCUT2D eigenvalue weighted by Gasteiger charge is 2.33. The first kappa shape index (κ1) is 23.8. The molecule has 34 heavy (non-hydrogen) atoms. The SMILES string of the molecule is CCOC(CNC(=O)OCC1c2ccccc2-c2ccccc21)CC(=O)N1CC(CC(=O)O)C1. The number of benzene rings is 2. The molecule has 180 valence electrons. The molecule has 2 amide bonds. The summed E-state index contributed by atoms with van der Waals surface area (Å²) in [7, 11) is 0. The lowest BCUT2D eigenvalue weighted by molar-refractivity contribution is -0.146. The predicted molar refractivity (Wildman–Crippen MR) is 125 cm³/mol. The van der Waals surface area contributed by atoms with Crippen molar-refractivity contribution in [1.82, 2.24) is 10.2 Å². The molecule has 0 aromatic heterocycles. The summed E-state index contributed by atoms with van der Waals surface area (Å²) in [4.78, 5) is 37.3. The summed E-state index contributed by atoms with van der Waals surface area (Å²) in [6, 6.07) is 16.3. The van der Waals surface area contributed by atoms with Crippen molar-refractivity contribution in [1.29, 1.82) is 0 Å². The van der Waals surface area contributed by atoms with Crippen LogP contribution in [0.25, 0.3) is 11.1 Å². The van der Waals surface area contributed by atoms with Gasteiger partial charge in [0.25, 0.3) is 0 Å². The Morgan fingerprint density at radius 1 is 1.06 bits per heavy atom. The molecule has 1 aliphatic heterocycles. The van der Waals surface area contributed by atoms with Gasteiger partial charge in [0.05, 0.1) is 18.9 Å². The smallest absolute Gasteiger partial charge is 0.407 e. The largest absolute Gasteiger partial charge is 0.481 e. The van der Waals surface area contributed by atoms with Crippen molar-refractivity contribution in [2.45, 2.75) is 31.8 Å². The third kappa shape index (κ3) is 5.39. The maximum atomic E-state index is 12.5. The molecule has 8 heteroatoms. The van der Waals surface area contributed by atoms with E-state index in [1.54, 1.807) is 4.90 Å². The second-order valence-electron chi connectivity index (χ2n) is 8.75. The van der Waals surface area contributed by atoms with Gasteiger partial charge < -0.3 is 24.8 Å². The Bertz CT molecular complexity index is 1000. The highest BCUT2D eigenvalue weighted by Crippen LogP contribution is 2.44. The minimum Gasteiger partial charge on any atom is -0.481 e. The molecule has 2 aromatic carbocycles. The van der Waals surface area contributed by atoms with Crippen molar-refractivity contribution >= 4 is 18.0 Å². The minimum atomic E-state index is -0.850. The van der Waals surface area contributed by atoms with Crippen molar-refractivity contribution in [3.63, 3.8) is 0 Å². The van der Waals surface area contributed by atoms with E-state index in [0.717, 1.165) is 11.1 Å². The van der Waals surface area contributed by atoms with Crippen LogP contribution in [0.15, 0.2) is 48.5 Å². The van der Waals surface area contributed by atoms with Gasteiger partial charge in [-0.3, -0.25) is 9.59 Å². The van der Waals surface area contributed by atoms with E-state index in [1.807, 2.05) is 31.2 Å². The van der Waals surface area contributed by atoms with Crippen molar-refractivity contribution in [3.8, 4) is 11.1 Å². The lowest BCUT2D eigenvalue weighted by atomic mass is 9.96. The van der Waals surface area contributed by atoms with E-state index in [0.29, 0.717) is 19.7 Å². The van der Waals surface area contributed by atoms with Crippen LogP contribution in [0.3, 0.4) is 0 Å². The van der Waals surface area contributed by atoms with Crippen LogP contribution in [0.5, 0.6) is 0 Å². The Morgan fingerprint density at radius 2 is 1.68 bits per heavy atom. The van der Waals surface area contributed by atoms with E-state index in [2.05, 4.69) is 29.6 Å². The summed E-state index contributed by atoms with van der Waals surface area (Å²) in [5.41, 5.74) is 4.62. The first-order valence-corrected chi connectivity index (χ1v) is 11.7. The number of carboxylic acid groups (broad SMARTS) is 1. The summed E-state index contributed by atoms with van der Waals surface area (Å²) in [5.74, 6) is -0.968. The van der Waals surface area contributed by atoms with E-state index >= 15 is 0 Å². The van der Waals surface area contributed by atoms with Gasteiger partial charge in [-0.1, -0.05) is 48.5 Å². The molecule has 0 radical (unpaired) electrons. The molecular weight excluding hydrogens is 436 g/mol. The number of ether oxygens (including phenoxy) is 2. The number of nitrogens with one attached hydrogen (secondary N) is 1. The number of amides is 2. The predicted octanol–water partition coefficient (Wildman–Crippen LogP) is 3.25. The van der Waals surface area contributed by atoms with Crippen LogP contribution in [0.2, 0.25) is 0 Å². The number of likely N-dealkylation sites (tertiary alicyclic amines) is 1. The zero-order chi connectivity index (χ0) is 24.1. The van der Waals surface area contributed by atoms with Gasteiger partial charge >= 0.3 is 12.1 Å². The Labute approximate surface area is 198 Å². The normalized spacial score (nSPS) is 15.7. The van der Waals surface area contributed by atoms with Gasteiger partial charge in [0, 0.05) is 38.1 Å². The molecule has 1 aliphatic carbocycles. The van der Waals surface area contributed by atoms with E-state index in [1.165, 1.54) is 11.1 Å². The van der Waals surface area contributed by atoms with E-state index < -0.39 is 18.2 Å². The van der Waals surface area contributed by atoms with E-state index in [9.17, 15) is 14.4 Å². The highest BCUT2D eigenvalue weighted by molar-refractivity contribution is 5.79. The number of carboxylic acids is 1. The Hall–Kier alpha value is -3.39. The fourth-order valence-corrected chi connectivity index (χ4v) is 4.75. The van der Waals surface area contributed by atoms with Crippen molar-refractivity contribution in [3.05, 3.63) is 59.7 Å². The second kappa shape index (κ2) is 10.7. The summed E-state index contributed by atoms with van der Waals surface area (Å²) in [6.45, 7) is 3.51. The van der Waals surface area contributed by atoms with Crippen molar-refractivity contribution in [2.75, 3.05) is 32.8 Å². The summed E-state index contributed by atoms with van der Waals surface area (Å²) < 4.78 is 11.2. The molecule has 1 unspecified atom stereocenters. The van der Waals surface area contributed by atoms with Crippen LogP contribution >= 0.6 is 0 Å². The molecule has 0 bridgehead atoms. The summed E-state index contributed by atoms with van der Waals surface area (Å²) in [5, 5.41) is 11.6. The lowest BCUT2D eigenvalue weighted by Gasteiger charge is -2.39. The van der Waals surface area contributed by atoms with Crippen LogP contribution < -0.4 is 5.32 Å². The monoisotopic (exact) mass is 466 g/mol. The van der Waals surface area contributed by atoms with E-state index in [-0.39, 0.29) is 43.7 Å². The van der Waals surface area contributed by atoms with Gasteiger partial charge in [-0.2, -0.15) is 0 Å². The number of hydrogen-bond acceptors (Lipinski definition) is 5. The summed E-state index contributed by atoms with van der Waals surface area (Å²) in [6.07, 6.45) is -0.833. The minimum absolute atomic E-state index is 0.00550. The molecule has 2 N–H and O–H groups in total. The molecule has 8 nitrogen and oxygen atoms in total. The molecule has 1 saturated heterocycles. The average molecular weight is 467 g/mol.